The number of amides is 3. The molecule has 0 saturated carbocycles. The van der Waals surface area contributed by atoms with Crippen molar-refractivity contribution in [1.82, 2.24) is 10.2 Å². The van der Waals surface area contributed by atoms with Crippen molar-refractivity contribution in [2.24, 2.45) is 0 Å². The third-order valence-corrected chi connectivity index (χ3v) is 3.94. The number of hydrogen-bond donors (Lipinski definition) is 2. The van der Waals surface area contributed by atoms with E-state index in [0.29, 0.717) is 38.1 Å². The molecule has 0 saturated heterocycles. The van der Waals surface area contributed by atoms with Gasteiger partial charge in [0, 0.05) is 13.1 Å². The smallest absolute Gasteiger partial charge is 0.417 e. The maximum absolute atomic E-state index is 13.3. The highest BCUT2D eigenvalue weighted by molar-refractivity contribution is 6.05. The first-order valence-corrected chi connectivity index (χ1v) is 8.74. The van der Waals surface area contributed by atoms with Crippen molar-refractivity contribution in [3.63, 3.8) is 0 Å². The summed E-state index contributed by atoms with van der Waals surface area (Å²) >= 11 is 0. The Kier molecular flexibility index (Phi) is 8.39. The number of halogens is 3. The number of benzene rings is 1. The summed E-state index contributed by atoms with van der Waals surface area (Å²) in [6.45, 7) is 4.68. The molecule has 0 aliphatic carbocycles. The third kappa shape index (κ3) is 6.33. The molecule has 9 heteroatoms. The van der Waals surface area contributed by atoms with E-state index in [1.165, 1.54) is 4.90 Å². The number of nitrogens with zero attached hydrogens (tertiary/aromatic N) is 1. The Labute approximate surface area is 156 Å². The van der Waals surface area contributed by atoms with Gasteiger partial charge in [-0.3, -0.25) is 10.1 Å². The molecule has 0 unspecified atom stereocenters. The number of carbonyl (C=O) groups excluding carboxylic acids is 2. The second-order valence-electron chi connectivity index (χ2n) is 6.02. The van der Waals surface area contributed by atoms with Crippen molar-refractivity contribution in [2.45, 2.75) is 45.7 Å². The summed E-state index contributed by atoms with van der Waals surface area (Å²) in [5.41, 5.74) is -2.14. The van der Waals surface area contributed by atoms with Crippen LogP contribution in [0, 0.1) is 0 Å². The van der Waals surface area contributed by atoms with Crippen LogP contribution in [0.15, 0.2) is 12.1 Å². The summed E-state index contributed by atoms with van der Waals surface area (Å²) < 4.78 is 44.5. The maximum Gasteiger partial charge on any atom is 0.417 e. The normalized spacial score (nSPS) is 11.2. The Morgan fingerprint density at radius 2 is 1.70 bits per heavy atom. The van der Waals surface area contributed by atoms with E-state index in [4.69, 9.17) is 0 Å². The monoisotopic (exact) mass is 390 g/mol. The predicted octanol–water partition coefficient (Wildman–Crippen LogP) is 4.17. The fourth-order valence-corrected chi connectivity index (χ4v) is 2.41. The standard InChI is InChI=1S/C18H25F3N2O4/c1-4-6-8-23(9-7-5-2)17(26)22-16(25)12-10-14(24)15(27-3)11-13(12)18(19,20)21/h10-11,24H,4-9H2,1-3H3,(H,22,25,26). The minimum Gasteiger partial charge on any atom is -0.504 e. The fourth-order valence-electron chi connectivity index (χ4n) is 2.41. The third-order valence-electron chi connectivity index (χ3n) is 3.94. The van der Waals surface area contributed by atoms with Crippen LogP contribution in [0.4, 0.5) is 18.0 Å². The number of urea groups is 1. The Morgan fingerprint density at radius 1 is 1.15 bits per heavy atom. The molecular weight excluding hydrogens is 365 g/mol. The van der Waals surface area contributed by atoms with Gasteiger partial charge in [-0.25, -0.2) is 4.79 Å². The molecule has 0 heterocycles. The molecule has 0 atom stereocenters. The van der Waals surface area contributed by atoms with E-state index in [1.54, 1.807) is 0 Å². The van der Waals surface area contributed by atoms with Gasteiger partial charge in [-0.15, -0.1) is 0 Å². The van der Waals surface area contributed by atoms with Crippen molar-refractivity contribution in [1.29, 1.82) is 0 Å². The molecule has 1 aromatic rings. The lowest BCUT2D eigenvalue weighted by Crippen LogP contribution is -2.44. The van der Waals surface area contributed by atoms with E-state index in [-0.39, 0.29) is 0 Å². The largest absolute Gasteiger partial charge is 0.504 e. The van der Waals surface area contributed by atoms with Gasteiger partial charge in [-0.2, -0.15) is 13.2 Å². The van der Waals surface area contributed by atoms with Crippen molar-refractivity contribution in [3.05, 3.63) is 23.3 Å². The van der Waals surface area contributed by atoms with E-state index in [0.717, 1.165) is 20.0 Å². The van der Waals surface area contributed by atoms with E-state index >= 15 is 0 Å². The molecule has 0 aromatic heterocycles. The number of aromatic hydroxyl groups is 1. The lowest BCUT2D eigenvalue weighted by Gasteiger charge is -2.23. The summed E-state index contributed by atoms with van der Waals surface area (Å²) in [6, 6.07) is 0.415. The van der Waals surface area contributed by atoms with Gasteiger partial charge in [0.2, 0.25) is 0 Å². The lowest BCUT2D eigenvalue weighted by atomic mass is 10.0. The van der Waals surface area contributed by atoms with Gasteiger partial charge in [0.15, 0.2) is 11.5 Å². The second kappa shape index (κ2) is 10.0. The van der Waals surface area contributed by atoms with Crippen molar-refractivity contribution in [3.8, 4) is 11.5 Å². The van der Waals surface area contributed by atoms with Crippen LogP contribution < -0.4 is 10.1 Å². The summed E-state index contributed by atoms with van der Waals surface area (Å²) in [6.07, 6.45) is -1.78. The Balaban J connectivity index is 3.09. The lowest BCUT2D eigenvalue weighted by molar-refractivity contribution is -0.138. The van der Waals surface area contributed by atoms with Crippen LogP contribution in [0.25, 0.3) is 0 Å². The number of phenolic OH excluding ortho intramolecular Hbond substituents is 1. The van der Waals surface area contributed by atoms with Crippen molar-refractivity contribution in [2.75, 3.05) is 20.2 Å². The van der Waals surface area contributed by atoms with Crippen LogP contribution in [0.2, 0.25) is 0 Å². The molecule has 152 valence electrons. The van der Waals surface area contributed by atoms with Crippen LogP contribution in [0.3, 0.4) is 0 Å². The second-order valence-corrected chi connectivity index (χ2v) is 6.02. The average Bonchev–Trinajstić information content (AvgIpc) is 2.60. The van der Waals surface area contributed by atoms with Crippen LogP contribution in [-0.2, 0) is 6.18 Å². The quantitative estimate of drug-likeness (QED) is 0.698. The number of alkyl halides is 3. The number of rotatable bonds is 8. The average molecular weight is 390 g/mol. The molecule has 0 aliphatic rings. The van der Waals surface area contributed by atoms with Gasteiger partial charge in [0.05, 0.1) is 18.2 Å². The predicted molar refractivity (Wildman–Crippen MR) is 93.9 cm³/mol. The number of ether oxygens (including phenoxy) is 1. The fraction of sp³-hybridized carbons (Fsp3) is 0.556. The highest BCUT2D eigenvalue weighted by Gasteiger charge is 2.37. The van der Waals surface area contributed by atoms with Crippen molar-refractivity contribution >= 4 is 11.9 Å². The van der Waals surface area contributed by atoms with Gasteiger partial charge >= 0.3 is 12.2 Å². The molecule has 0 aliphatic heterocycles. The zero-order valence-electron chi connectivity index (χ0n) is 15.7. The molecule has 3 amide bonds. The van der Waals surface area contributed by atoms with E-state index in [1.807, 2.05) is 19.2 Å². The molecule has 0 spiro atoms. The Hall–Kier alpha value is -2.45. The zero-order chi connectivity index (χ0) is 20.6. The number of unbranched alkanes of at least 4 members (excludes halogenated alkanes) is 2. The van der Waals surface area contributed by atoms with E-state index in [2.05, 4.69) is 4.74 Å². The molecule has 6 nitrogen and oxygen atoms in total. The van der Waals surface area contributed by atoms with Crippen LogP contribution in [0.5, 0.6) is 11.5 Å². The molecule has 2 N–H and O–H groups in total. The molecule has 0 radical (unpaired) electrons. The first kappa shape index (κ1) is 22.6. The summed E-state index contributed by atoms with van der Waals surface area (Å²) in [5, 5.41) is 11.7. The molecule has 0 bridgehead atoms. The SMILES string of the molecule is CCCCN(CCCC)C(=O)NC(=O)c1cc(O)c(OC)cc1C(F)(F)F. The number of carbonyl (C=O) groups is 2. The van der Waals surface area contributed by atoms with Crippen LogP contribution >= 0.6 is 0 Å². The molecule has 1 rings (SSSR count). The molecule has 0 fully saturated rings. The summed E-state index contributed by atoms with van der Waals surface area (Å²) in [5.74, 6) is -2.28. The number of imide groups is 1. The van der Waals surface area contributed by atoms with Crippen molar-refractivity contribution < 1.29 is 32.6 Å². The molecular formula is C18H25F3N2O4. The van der Waals surface area contributed by atoms with Gasteiger partial charge in [0.25, 0.3) is 5.91 Å². The van der Waals surface area contributed by atoms with Gasteiger partial charge in [-0.1, -0.05) is 26.7 Å². The van der Waals surface area contributed by atoms with Gasteiger partial charge in [0.1, 0.15) is 0 Å². The highest BCUT2D eigenvalue weighted by atomic mass is 19.4. The topological polar surface area (TPSA) is 78.9 Å². The first-order valence-electron chi connectivity index (χ1n) is 8.74. The minimum atomic E-state index is -4.86. The zero-order valence-corrected chi connectivity index (χ0v) is 15.7. The number of phenols is 1. The van der Waals surface area contributed by atoms with Gasteiger partial charge < -0.3 is 14.7 Å². The number of hydrogen-bond acceptors (Lipinski definition) is 4. The van der Waals surface area contributed by atoms with Gasteiger partial charge in [-0.05, 0) is 25.0 Å². The van der Waals surface area contributed by atoms with Crippen LogP contribution in [0.1, 0.15) is 55.5 Å². The van der Waals surface area contributed by atoms with E-state index in [9.17, 15) is 27.9 Å². The summed E-state index contributed by atoms with van der Waals surface area (Å²) in [4.78, 5) is 26.1. The van der Waals surface area contributed by atoms with E-state index < -0.39 is 40.7 Å². The molecule has 27 heavy (non-hydrogen) atoms. The maximum atomic E-state index is 13.3. The number of nitrogens with one attached hydrogen (secondary N) is 1. The molecule has 1 aromatic carbocycles. The Morgan fingerprint density at radius 3 is 2.15 bits per heavy atom. The van der Waals surface area contributed by atoms with Crippen LogP contribution in [-0.4, -0.2) is 42.1 Å². The first-order chi connectivity index (χ1) is 12.6. The highest BCUT2D eigenvalue weighted by Crippen LogP contribution is 2.38. The number of methoxy groups -OCH3 is 1. The Bertz CT molecular complexity index is 655. The minimum absolute atomic E-state index is 0.398. The summed E-state index contributed by atoms with van der Waals surface area (Å²) in [7, 11) is 1.10.